The van der Waals surface area contributed by atoms with Crippen molar-refractivity contribution in [3.8, 4) is 17.2 Å². The molecule has 0 aliphatic carbocycles. The molecule has 0 saturated carbocycles. The fraction of sp³-hybridized carbons (Fsp3) is 0.519. The molecule has 1 heterocycles. The van der Waals surface area contributed by atoms with E-state index in [1.807, 2.05) is 0 Å². The second-order valence-electron chi connectivity index (χ2n) is 9.07. The molecule has 5 nitrogen and oxygen atoms in total. The Balaban J connectivity index is 1.66. The Morgan fingerprint density at radius 3 is 2.32 bits per heavy atom. The van der Waals surface area contributed by atoms with Gasteiger partial charge in [-0.2, -0.15) is 0 Å². The lowest BCUT2D eigenvalue weighted by Crippen LogP contribution is -2.47. The van der Waals surface area contributed by atoms with Crippen LogP contribution in [-0.2, 0) is 11.2 Å². The van der Waals surface area contributed by atoms with Gasteiger partial charge in [0.2, 0.25) is 5.91 Å². The average Bonchev–Trinajstić information content (AvgIpc) is 2.83. The number of hydrogen-bond donors (Lipinski definition) is 1. The summed E-state index contributed by atoms with van der Waals surface area (Å²) < 4.78 is 37.1. The average molecular weight is 476 g/mol. The van der Waals surface area contributed by atoms with Crippen molar-refractivity contribution in [2.24, 2.45) is 5.92 Å². The zero-order valence-corrected chi connectivity index (χ0v) is 20.1. The summed E-state index contributed by atoms with van der Waals surface area (Å²) in [4.78, 5) is 14.8. The van der Waals surface area contributed by atoms with Gasteiger partial charge in [0, 0.05) is 19.2 Å². The maximum Gasteiger partial charge on any atom is 0.226 e. The van der Waals surface area contributed by atoms with Crippen LogP contribution in [0, 0.1) is 11.7 Å². The van der Waals surface area contributed by atoms with E-state index in [1.54, 1.807) is 23.1 Å². The van der Waals surface area contributed by atoms with Gasteiger partial charge in [0.15, 0.2) is 0 Å². The second-order valence-corrected chi connectivity index (χ2v) is 9.07. The molecule has 7 heteroatoms. The second kappa shape index (κ2) is 12.2. The van der Waals surface area contributed by atoms with Gasteiger partial charge in [-0.05, 0) is 67.1 Å². The standard InChI is InChI=1S/C27H35F2NO4/c1-3-20(4-2)19-27(32)9-12-30(13-10-27)26(31)17-21-15-24(33-14-11-28)18-25(16-21)34-23-7-5-22(29)6-8-23/h5-8,15-16,18,20,32H,3-4,9-14,17,19H2,1-2H3. The number of halogens is 2. The number of nitrogens with zero attached hydrogens (tertiary/aromatic N) is 1. The maximum absolute atomic E-state index is 13.2. The summed E-state index contributed by atoms with van der Waals surface area (Å²) in [6.07, 6.45) is 4.16. The largest absolute Gasteiger partial charge is 0.491 e. The number of likely N-dealkylation sites (tertiary alicyclic amines) is 1. The first-order valence-corrected chi connectivity index (χ1v) is 12.1. The van der Waals surface area contributed by atoms with Crippen LogP contribution in [0.1, 0.15) is 51.5 Å². The Morgan fingerprint density at radius 2 is 1.71 bits per heavy atom. The molecule has 2 aromatic rings. The first kappa shape index (κ1) is 25.9. The smallest absolute Gasteiger partial charge is 0.226 e. The summed E-state index contributed by atoms with van der Waals surface area (Å²) in [5.41, 5.74) is -0.0274. The summed E-state index contributed by atoms with van der Waals surface area (Å²) >= 11 is 0. The number of benzene rings is 2. The monoisotopic (exact) mass is 475 g/mol. The summed E-state index contributed by atoms with van der Waals surface area (Å²) in [5.74, 6) is 1.35. The number of carbonyl (C=O) groups is 1. The molecular weight excluding hydrogens is 440 g/mol. The molecule has 0 unspecified atom stereocenters. The third kappa shape index (κ3) is 7.42. The fourth-order valence-electron chi connectivity index (χ4n) is 4.45. The van der Waals surface area contributed by atoms with Gasteiger partial charge in [0.1, 0.15) is 36.3 Å². The molecule has 0 aromatic heterocycles. The van der Waals surface area contributed by atoms with E-state index in [4.69, 9.17) is 9.47 Å². The van der Waals surface area contributed by atoms with E-state index in [0.717, 1.165) is 19.3 Å². The van der Waals surface area contributed by atoms with E-state index in [0.29, 0.717) is 54.7 Å². The summed E-state index contributed by atoms with van der Waals surface area (Å²) in [6, 6.07) is 10.7. The third-order valence-corrected chi connectivity index (χ3v) is 6.56. The van der Waals surface area contributed by atoms with E-state index in [2.05, 4.69) is 13.8 Å². The van der Waals surface area contributed by atoms with Gasteiger partial charge in [0.05, 0.1) is 12.0 Å². The number of hydrogen-bond acceptors (Lipinski definition) is 4. The van der Waals surface area contributed by atoms with Crippen molar-refractivity contribution < 1.29 is 28.2 Å². The molecule has 1 fully saturated rings. The van der Waals surface area contributed by atoms with E-state index in [9.17, 15) is 18.7 Å². The number of piperidine rings is 1. The number of ether oxygens (including phenoxy) is 2. The van der Waals surface area contributed by atoms with Crippen LogP contribution in [0.3, 0.4) is 0 Å². The van der Waals surface area contributed by atoms with Gasteiger partial charge < -0.3 is 19.5 Å². The Kier molecular flexibility index (Phi) is 9.28. The topological polar surface area (TPSA) is 59.0 Å². The van der Waals surface area contributed by atoms with Gasteiger partial charge in [-0.1, -0.05) is 26.7 Å². The molecule has 2 aromatic carbocycles. The molecule has 1 aliphatic heterocycles. The molecule has 0 bridgehead atoms. The lowest BCUT2D eigenvalue weighted by atomic mass is 9.81. The molecule has 0 atom stereocenters. The first-order chi connectivity index (χ1) is 16.3. The van der Waals surface area contributed by atoms with Crippen molar-refractivity contribution in [1.29, 1.82) is 0 Å². The highest BCUT2D eigenvalue weighted by atomic mass is 19.1. The van der Waals surface area contributed by atoms with Crippen molar-refractivity contribution in [3.05, 3.63) is 53.8 Å². The normalized spacial score (nSPS) is 15.4. The molecule has 186 valence electrons. The molecule has 0 spiro atoms. The van der Waals surface area contributed by atoms with Crippen LogP contribution >= 0.6 is 0 Å². The Bertz CT molecular complexity index is 923. The molecular formula is C27H35F2NO4. The first-order valence-electron chi connectivity index (χ1n) is 12.1. The SMILES string of the molecule is CCC(CC)CC1(O)CCN(C(=O)Cc2cc(OCCF)cc(Oc3ccc(F)cc3)c2)CC1. The number of carbonyl (C=O) groups excluding carboxylic acids is 1. The van der Waals surface area contributed by atoms with E-state index in [1.165, 1.54) is 24.3 Å². The number of amides is 1. The van der Waals surface area contributed by atoms with Crippen LogP contribution in [-0.4, -0.2) is 47.9 Å². The molecule has 0 radical (unpaired) electrons. The predicted molar refractivity (Wildman–Crippen MR) is 128 cm³/mol. The minimum absolute atomic E-state index is 0.0417. The zero-order chi connectivity index (χ0) is 24.6. The van der Waals surface area contributed by atoms with Crippen molar-refractivity contribution in [3.63, 3.8) is 0 Å². The van der Waals surface area contributed by atoms with E-state index in [-0.39, 0.29) is 24.8 Å². The van der Waals surface area contributed by atoms with Crippen LogP contribution in [0.4, 0.5) is 8.78 Å². The lowest BCUT2D eigenvalue weighted by molar-refractivity contribution is -0.135. The van der Waals surface area contributed by atoms with Gasteiger partial charge in [-0.15, -0.1) is 0 Å². The summed E-state index contributed by atoms with van der Waals surface area (Å²) in [7, 11) is 0. The highest BCUT2D eigenvalue weighted by Gasteiger charge is 2.35. The van der Waals surface area contributed by atoms with Crippen LogP contribution in [0.2, 0.25) is 0 Å². The van der Waals surface area contributed by atoms with Gasteiger partial charge in [-0.3, -0.25) is 4.79 Å². The Labute approximate surface area is 200 Å². The van der Waals surface area contributed by atoms with Crippen LogP contribution in [0.15, 0.2) is 42.5 Å². The molecule has 34 heavy (non-hydrogen) atoms. The van der Waals surface area contributed by atoms with E-state index < -0.39 is 12.3 Å². The number of aliphatic hydroxyl groups is 1. The summed E-state index contributed by atoms with van der Waals surface area (Å²) in [5, 5.41) is 11.0. The Morgan fingerprint density at radius 1 is 1.06 bits per heavy atom. The van der Waals surface area contributed by atoms with Crippen molar-refractivity contribution in [2.75, 3.05) is 26.4 Å². The lowest BCUT2D eigenvalue weighted by Gasteiger charge is -2.40. The van der Waals surface area contributed by atoms with Crippen molar-refractivity contribution in [1.82, 2.24) is 4.90 Å². The van der Waals surface area contributed by atoms with E-state index >= 15 is 0 Å². The predicted octanol–water partition coefficient (Wildman–Crippen LogP) is 5.69. The van der Waals surface area contributed by atoms with Crippen molar-refractivity contribution in [2.45, 2.75) is 58.0 Å². The molecule has 1 amide bonds. The van der Waals surface area contributed by atoms with Crippen molar-refractivity contribution >= 4 is 5.91 Å². The molecule has 3 rings (SSSR count). The Hall–Kier alpha value is -2.67. The molecule has 1 N–H and O–H groups in total. The number of rotatable bonds is 11. The van der Waals surface area contributed by atoms with Gasteiger partial charge in [0.25, 0.3) is 0 Å². The molecule has 1 aliphatic rings. The fourth-order valence-corrected chi connectivity index (χ4v) is 4.45. The third-order valence-electron chi connectivity index (χ3n) is 6.56. The summed E-state index contributed by atoms with van der Waals surface area (Å²) in [6.45, 7) is 4.60. The highest BCUT2D eigenvalue weighted by Crippen LogP contribution is 2.32. The van der Waals surface area contributed by atoms with Gasteiger partial charge in [-0.25, -0.2) is 8.78 Å². The van der Waals surface area contributed by atoms with Crippen LogP contribution < -0.4 is 9.47 Å². The van der Waals surface area contributed by atoms with Gasteiger partial charge >= 0.3 is 0 Å². The minimum atomic E-state index is -0.705. The van der Waals surface area contributed by atoms with Crippen LogP contribution in [0.5, 0.6) is 17.2 Å². The highest BCUT2D eigenvalue weighted by molar-refractivity contribution is 5.79. The molecule has 1 saturated heterocycles. The zero-order valence-electron chi connectivity index (χ0n) is 20.1. The van der Waals surface area contributed by atoms with Crippen LogP contribution in [0.25, 0.3) is 0 Å². The maximum atomic E-state index is 13.2. The number of alkyl halides is 1. The minimum Gasteiger partial charge on any atom is -0.491 e. The quantitative estimate of drug-likeness (QED) is 0.454.